The van der Waals surface area contributed by atoms with Crippen LogP contribution in [0.5, 0.6) is 5.75 Å². The molecule has 15 heavy (non-hydrogen) atoms. The third-order valence-corrected chi connectivity index (χ3v) is 1.81. The topological polar surface area (TPSA) is 68.7 Å². The Hall–Kier alpha value is -1.62. The third-order valence-electron chi connectivity index (χ3n) is 1.81. The Kier molecular flexibility index (Phi) is 4.05. The quantitative estimate of drug-likeness (QED) is 0.735. The molecule has 0 amide bonds. The summed E-state index contributed by atoms with van der Waals surface area (Å²) < 4.78 is 9.75. The number of carbonyl (C=O) groups excluding carboxylic acids is 1. The number of aliphatic hydroxyl groups excluding tert-OH is 1. The van der Waals surface area contributed by atoms with Crippen molar-refractivity contribution in [1.29, 1.82) is 0 Å². The zero-order valence-electron chi connectivity index (χ0n) is 8.64. The highest BCUT2D eigenvalue weighted by molar-refractivity contribution is 5.74. The lowest BCUT2D eigenvalue weighted by Gasteiger charge is -2.11. The minimum Gasteiger partial charge on any atom is -0.477 e. The molecule has 0 radical (unpaired) electrons. The monoisotopic (exact) mass is 211 g/mol. The number of pyridine rings is 1. The molecule has 0 saturated heterocycles. The van der Waals surface area contributed by atoms with E-state index in [1.54, 1.807) is 19.1 Å². The zero-order valence-corrected chi connectivity index (χ0v) is 8.64. The Morgan fingerprint density at radius 1 is 1.60 bits per heavy atom. The molecule has 0 aliphatic heterocycles. The molecule has 0 bridgehead atoms. The maximum absolute atomic E-state index is 11.0. The Balaban J connectivity index is 2.60. The van der Waals surface area contributed by atoms with E-state index in [0.717, 1.165) is 0 Å². The Morgan fingerprint density at radius 3 is 2.80 bits per heavy atom. The normalized spacial score (nSPS) is 11.9. The van der Waals surface area contributed by atoms with Crippen LogP contribution in [0.15, 0.2) is 18.3 Å². The molecule has 0 aliphatic rings. The maximum Gasteiger partial charge on any atom is 0.346 e. The fourth-order valence-corrected chi connectivity index (χ4v) is 0.992. The van der Waals surface area contributed by atoms with Crippen molar-refractivity contribution in [3.8, 4) is 5.75 Å². The molecule has 0 aliphatic carbocycles. The summed E-state index contributed by atoms with van der Waals surface area (Å²) in [4.78, 5) is 14.9. The second-order valence-corrected chi connectivity index (χ2v) is 2.93. The first kappa shape index (κ1) is 11.5. The van der Waals surface area contributed by atoms with Gasteiger partial charge in [-0.3, -0.25) is 4.98 Å². The lowest BCUT2D eigenvalue weighted by molar-refractivity contribution is -0.147. The van der Waals surface area contributed by atoms with Gasteiger partial charge in [-0.1, -0.05) is 0 Å². The van der Waals surface area contributed by atoms with Gasteiger partial charge in [0.25, 0.3) is 0 Å². The number of rotatable bonds is 4. The van der Waals surface area contributed by atoms with Crippen molar-refractivity contribution in [3.63, 3.8) is 0 Å². The molecule has 0 fully saturated rings. The molecule has 1 unspecified atom stereocenters. The van der Waals surface area contributed by atoms with Gasteiger partial charge in [0, 0.05) is 0 Å². The first-order chi connectivity index (χ1) is 7.17. The fourth-order valence-electron chi connectivity index (χ4n) is 0.992. The summed E-state index contributed by atoms with van der Waals surface area (Å²) in [5.41, 5.74) is 0.549. The van der Waals surface area contributed by atoms with Crippen molar-refractivity contribution in [2.45, 2.75) is 19.6 Å². The van der Waals surface area contributed by atoms with Crippen LogP contribution in [0, 0.1) is 0 Å². The van der Waals surface area contributed by atoms with Crippen LogP contribution in [0.4, 0.5) is 0 Å². The molecule has 0 saturated carbocycles. The minimum absolute atomic E-state index is 0.118. The van der Waals surface area contributed by atoms with Gasteiger partial charge in [0.2, 0.25) is 0 Å². The standard InChI is InChI=1S/C10H13NO4/c1-7(10(13)14-2)15-9-4-3-8(6-12)11-5-9/h3-5,7,12H,6H2,1-2H3. The molecule has 1 N–H and O–H groups in total. The summed E-state index contributed by atoms with van der Waals surface area (Å²) in [5, 5.41) is 8.76. The van der Waals surface area contributed by atoms with E-state index in [-0.39, 0.29) is 6.61 Å². The molecule has 1 aromatic heterocycles. The molecule has 0 aromatic carbocycles. The van der Waals surface area contributed by atoms with Gasteiger partial charge in [0.1, 0.15) is 5.75 Å². The summed E-state index contributed by atoms with van der Waals surface area (Å²) in [6, 6.07) is 3.26. The van der Waals surface area contributed by atoms with Crippen molar-refractivity contribution < 1.29 is 19.4 Å². The Morgan fingerprint density at radius 2 is 2.33 bits per heavy atom. The van der Waals surface area contributed by atoms with Crippen molar-refractivity contribution in [1.82, 2.24) is 4.98 Å². The smallest absolute Gasteiger partial charge is 0.346 e. The number of hydrogen-bond donors (Lipinski definition) is 1. The molecule has 0 spiro atoms. The van der Waals surface area contributed by atoms with Crippen LogP contribution in [0.2, 0.25) is 0 Å². The SMILES string of the molecule is COC(=O)C(C)Oc1ccc(CO)nc1. The highest BCUT2D eigenvalue weighted by atomic mass is 16.6. The number of aliphatic hydroxyl groups is 1. The molecule has 1 rings (SSSR count). The van der Waals surface area contributed by atoms with E-state index in [1.807, 2.05) is 0 Å². The summed E-state index contributed by atoms with van der Waals surface area (Å²) in [5.74, 6) is 0.0198. The van der Waals surface area contributed by atoms with Gasteiger partial charge >= 0.3 is 5.97 Å². The third kappa shape index (κ3) is 3.21. The van der Waals surface area contributed by atoms with Gasteiger partial charge in [0.05, 0.1) is 25.6 Å². The van der Waals surface area contributed by atoms with Crippen molar-refractivity contribution >= 4 is 5.97 Å². The van der Waals surface area contributed by atoms with E-state index in [9.17, 15) is 4.79 Å². The van der Waals surface area contributed by atoms with Gasteiger partial charge in [0.15, 0.2) is 6.10 Å². The summed E-state index contributed by atoms with van der Waals surface area (Å²) in [6.45, 7) is 1.47. The first-order valence-corrected chi connectivity index (χ1v) is 4.47. The number of aromatic nitrogens is 1. The number of nitrogens with zero attached hydrogens (tertiary/aromatic N) is 1. The van der Waals surface area contributed by atoms with Crippen LogP contribution in [-0.4, -0.2) is 29.3 Å². The van der Waals surface area contributed by atoms with Gasteiger partial charge in [-0.15, -0.1) is 0 Å². The van der Waals surface area contributed by atoms with E-state index in [4.69, 9.17) is 9.84 Å². The Labute approximate surface area is 87.7 Å². The van der Waals surface area contributed by atoms with Crippen molar-refractivity contribution in [2.24, 2.45) is 0 Å². The van der Waals surface area contributed by atoms with E-state index in [1.165, 1.54) is 13.3 Å². The highest BCUT2D eigenvalue weighted by Crippen LogP contribution is 2.11. The minimum atomic E-state index is -0.670. The van der Waals surface area contributed by atoms with Gasteiger partial charge in [-0.2, -0.15) is 0 Å². The largest absolute Gasteiger partial charge is 0.477 e. The predicted octanol–water partition coefficient (Wildman–Crippen LogP) is 0.514. The van der Waals surface area contributed by atoms with Crippen LogP contribution in [0.3, 0.4) is 0 Å². The van der Waals surface area contributed by atoms with Crippen LogP contribution >= 0.6 is 0 Å². The molecular weight excluding hydrogens is 198 g/mol. The summed E-state index contributed by atoms with van der Waals surface area (Å²) >= 11 is 0. The second-order valence-electron chi connectivity index (χ2n) is 2.93. The van der Waals surface area contributed by atoms with Gasteiger partial charge < -0.3 is 14.6 Å². The number of ether oxygens (including phenoxy) is 2. The van der Waals surface area contributed by atoms with Crippen LogP contribution in [-0.2, 0) is 16.1 Å². The first-order valence-electron chi connectivity index (χ1n) is 4.47. The second kappa shape index (κ2) is 5.31. The molecule has 5 nitrogen and oxygen atoms in total. The number of hydrogen-bond acceptors (Lipinski definition) is 5. The fraction of sp³-hybridized carbons (Fsp3) is 0.400. The molecule has 1 aromatic rings. The predicted molar refractivity (Wildman–Crippen MR) is 52.3 cm³/mol. The maximum atomic E-state index is 11.0. The molecule has 1 heterocycles. The highest BCUT2D eigenvalue weighted by Gasteiger charge is 2.14. The average molecular weight is 211 g/mol. The molecule has 1 atom stereocenters. The summed E-state index contributed by atoms with van der Waals surface area (Å²) in [7, 11) is 1.30. The average Bonchev–Trinajstić information content (AvgIpc) is 2.29. The van der Waals surface area contributed by atoms with Gasteiger partial charge in [-0.05, 0) is 19.1 Å². The van der Waals surface area contributed by atoms with Crippen LogP contribution in [0.1, 0.15) is 12.6 Å². The van der Waals surface area contributed by atoms with E-state index in [2.05, 4.69) is 9.72 Å². The number of methoxy groups -OCH3 is 1. The number of carbonyl (C=O) groups is 1. The van der Waals surface area contributed by atoms with E-state index in [0.29, 0.717) is 11.4 Å². The lowest BCUT2D eigenvalue weighted by Crippen LogP contribution is -2.24. The Bertz CT molecular complexity index is 323. The molecule has 82 valence electrons. The van der Waals surface area contributed by atoms with Crippen LogP contribution in [0.25, 0.3) is 0 Å². The van der Waals surface area contributed by atoms with E-state index < -0.39 is 12.1 Å². The van der Waals surface area contributed by atoms with Crippen LogP contribution < -0.4 is 4.74 Å². The van der Waals surface area contributed by atoms with E-state index >= 15 is 0 Å². The molecular formula is C10H13NO4. The zero-order chi connectivity index (χ0) is 11.3. The summed E-state index contributed by atoms with van der Waals surface area (Å²) in [6.07, 6.45) is 0.780. The van der Waals surface area contributed by atoms with Gasteiger partial charge in [-0.25, -0.2) is 4.79 Å². The van der Waals surface area contributed by atoms with Crippen molar-refractivity contribution in [2.75, 3.05) is 7.11 Å². The lowest BCUT2D eigenvalue weighted by atomic mass is 10.3. The van der Waals surface area contributed by atoms with Crippen molar-refractivity contribution in [3.05, 3.63) is 24.0 Å². The molecule has 5 heteroatoms. The number of esters is 1.